The highest BCUT2D eigenvalue weighted by atomic mass is 19.1. The van der Waals surface area contributed by atoms with Crippen LogP contribution in [0.3, 0.4) is 0 Å². The van der Waals surface area contributed by atoms with Gasteiger partial charge in [0.2, 0.25) is 0 Å². The fraction of sp³-hybridized carbons (Fsp3) is 0.778. The maximum absolute atomic E-state index is 12.2. The van der Waals surface area contributed by atoms with Gasteiger partial charge in [-0.3, -0.25) is 4.39 Å². The lowest BCUT2D eigenvalue weighted by Crippen LogP contribution is -2.33. The molecule has 0 aliphatic heterocycles. The zero-order valence-electron chi connectivity index (χ0n) is 6.94. The second-order valence-corrected chi connectivity index (χ2v) is 3.64. The molecule has 1 aliphatic rings. The Hall–Kier alpha value is -0.370. The summed E-state index contributed by atoms with van der Waals surface area (Å²) in [5.74, 6) is 0.0997. The lowest BCUT2D eigenvalue weighted by molar-refractivity contribution is 0.0550. The van der Waals surface area contributed by atoms with Crippen LogP contribution < -0.4 is 0 Å². The normalized spacial score (nSPS) is 39.2. The molecule has 64 valence electrons. The highest BCUT2D eigenvalue weighted by Gasteiger charge is 2.31. The van der Waals surface area contributed by atoms with Gasteiger partial charge in [-0.1, -0.05) is 6.58 Å². The van der Waals surface area contributed by atoms with Gasteiger partial charge in [-0.05, 0) is 37.7 Å². The Morgan fingerprint density at radius 1 is 1.82 bits per heavy atom. The van der Waals surface area contributed by atoms with Gasteiger partial charge in [0, 0.05) is 0 Å². The van der Waals surface area contributed by atoms with Crippen molar-refractivity contribution in [3.05, 3.63) is 12.2 Å². The third-order valence-electron chi connectivity index (χ3n) is 2.55. The minimum absolute atomic E-state index is 0.0997. The maximum atomic E-state index is 12.2. The molecule has 0 radical (unpaired) electrons. The molecule has 2 atom stereocenters. The van der Waals surface area contributed by atoms with Crippen LogP contribution in [-0.2, 0) is 0 Å². The SMILES string of the molecule is C=C1CC(CF)CCC1(C)O. The predicted molar refractivity (Wildman–Crippen MR) is 43.1 cm³/mol. The zero-order valence-corrected chi connectivity index (χ0v) is 6.94. The van der Waals surface area contributed by atoms with E-state index in [4.69, 9.17) is 0 Å². The molecule has 0 bridgehead atoms. The average molecular weight is 158 g/mol. The first-order valence-electron chi connectivity index (χ1n) is 4.03. The van der Waals surface area contributed by atoms with Crippen LogP contribution in [0.1, 0.15) is 26.2 Å². The van der Waals surface area contributed by atoms with Crippen molar-refractivity contribution in [3.63, 3.8) is 0 Å². The monoisotopic (exact) mass is 158 g/mol. The standard InChI is InChI=1S/C9H15FO/c1-7-5-8(6-10)3-4-9(7,2)11/h8,11H,1,3-6H2,2H3. The summed E-state index contributed by atoms with van der Waals surface area (Å²) in [6.45, 7) is 5.22. The third-order valence-corrected chi connectivity index (χ3v) is 2.55. The van der Waals surface area contributed by atoms with Crippen LogP contribution in [0.5, 0.6) is 0 Å². The Morgan fingerprint density at radius 2 is 2.45 bits per heavy atom. The number of hydrogen-bond acceptors (Lipinski definition) is 1. The lowest BCUT2D eigenvalue weighted by Gasteiger charge is -2.34. The lowest BCUT2D eigenvalue weighted by atomic mass is 9.77. The molecule has 1 rings (SSSR count). The van der Waals surface area contributed by atoms with Crippen LogP contribution in [0.2, 0.25) is 0 Å². The summed E-state index contributed by atoms with van der Waals surface area (Å²) in [6.07, 6.45) is 2.08. The molecule has 0 spiro atoms. The maximum Gasteiger partial charge on any atom is 0.0925 e. The average Bonchev–Trinajstić information content (AvgIpc) is 1.95. The predicted octanol–water partition coefficient (Wildman–Crippen LogP) is 2.06. The molecular formula is C9H15FO. The summed E-state index contributed by atoms with van der Waals surface area (Å²) in [5, 5.41) is 9.63. The van der Waals surface area contributed by atoms with Crippen molar-refractivity contribution in [3.8, 4) is 0 Å². The van der Waals surface area contributed by atoms with Crippen LogP contribution in [0.15, 0.2) is 12.2 Å². The highest BCUT2D eigenvalue weighted by molar-refractivity contribution is 5.14. The van der Waals surface area contributed by atoms with E-state index in [9.17, 15) is 9.50 Å². The van der Waals surface area contributed by atoms with Gasteiger partial charge in [-0.25, -0.2) is 0 Å². The van der Waals surface area contributed by atoms with E-state index in [2.05, 4.69) is 6.58 Å². The number of alkyl halides is 1. The van der Waals surface area contributed by atoms with E-state index in [-0.39, 0.29) is 12.6 Å². The first-order valence-corrected chi connectivity index (χ1v) is 4.03. The molecule has 0 saturated heterocycles. The smallest absolute Gasteiger partial charge is 0.0925 e. The van der Waals surface area contributed by atoms with Crippen molar-refractivity contribution in [1.29, 1.82) is 0 Å². The van der Waals surface area contributed by atoms with E-state index in [0.717, 1.165) is 12.0 Å². The van der Waals surface area contributed by atoms with Gasteiger partial charge in [0.05, 0.1) is 12.3 Å². The molecular weight excluding hydrogens is 143 g/mol. The van der Waals surface area contributed by atoms with Gasteiger partial charge in [0.25, 0.3) is 0 Å². The minimum atomic E-state index is -0.744. The van der Waals surface area contributed by atoms with Crippen molar-refractivity contribution in [1.82, 2.24) is 0 Å². The Balaban J connectivity index is 2.55. The van der Waals surface area contributed by atoms with Crippen molar-refractivity contribution in [2.24, 2.45) is 5.92 Å². The van der Waals surface area contributed by atoms with Crippen LogP contribution in [0.25, 0.3) is 0 Å². The van der Waals surface area contributed by atoms with E-state index in [1.54, 1.807) is 6.92 Å². The molecule has 0 amide bonds. The summed E-state index contributed by atoms with van der Waals surface area (Å²) in [6, 6.07) is 0. The molecule has 0 aromatic heterocycles. The van der Waals surface area contributed by atoms with Crippen LogP contribution in [-0.4, -0.2) is 17.4 Å². The molecule has 1 N–H and O–H groups in total. The first kappa shape index (κ1) is 8.72. The molecule has 2 unspecified atom stereocenters. The molecule has 1 saturated carbocycles. The Bertz CT molecular complexity index is 163. The van der Waals surface area contributed by atoms with Gasteiger partial charge in [0.1, 0.15) is 0 Å². The van der Waals surface area contributed by atoms with Crippen LogP contribution >= 0.6 is 0 Å². The first-order chi connectivity index (χ1) is 5.06. The quantitative estimate of drug-likeness (QED) is 0.579. The fourth-order valence-electron chi connectivity index (χ4n) is 1.46. The molecule has 11 heavy (non-hydrogen) atoms. The van der Waals surface area contributed by atoms with Crippen molar-refractivity contribution >= 4 is 0 Å². The van der Waals surface area contributed by atoms with Gasteiger partial charge in [0.15, 0.2) is 0 Å². The van der Waals surface area contributed by atoms with E-state index in [1.165, 1.54) is 0 Å². The van der Waals surface area contributed by atoms with Crippen LogP contribution in [0, 0.1) is 5.92 Å². The molecule has 2 heteroatoms. The van der Waals surface area contributed by atoms with Gasteiger partial charge in [-0.15, -0.1) is 0 Å². The van der Waals surface area contributed by atoms with E-state index >= 15 is 0 Å². The Labute approximate surface area is 66.9 Å². The molecule has 0 aromatic rings. The van der Waals surface area contributed by atoms with E-state index < -0.39 is 5.60 Å². The summed E-state index contributed by atoms with van der Waals surface area (Å²) >= 11 is 0. The molecule has 0 aromatic carbocycles. The summed E-state index contributed by atoms with van der Waals surface area (Å²) < 4.78 is 12.2. The van der Waals surface area contributed by atoms with Crippen molar-refractivity contribution in [2.45, 2.75) is 31.8 Å². The minimum Gasteiger partial charge on any atom is -0.386 e. The molecule has 1 aliphatic carbocycles. The second-order valence-electron chi connectivity index (χ2n) is 3.64. The van der Waals surface area contributed by atoms with Crippen molar-refractivity contribution in [2.75, 3.05) is 6.67 Å². The fourth-order valence-corrected chi connectivity index (χ4v) is 1.46. The van der Waals surface area contributed by atoms with E-state index in [1.807, 2.05) is 0 Å². The molecule has 1 nitrogen and oxygen atoms in total. The summed E-state index contributed by atoms with van der Waals surface area (Å²) in [4.78, 5) is 0. The number of halogens is 1. The summed E-state index contributed by atoms with van der Waals surface area (Å²) in [5.41, 5.74) is 0.0393. The number of rotatable bonds is 1. The number of hydrogen-bond donors (Lipinski definition) is 1. The third kappa shape index (κ3) is 1.80. The van der Waals surface area contributed by atoms with Gasteiger partial charge < -0.3 is 5.11 Å². The van der Waals surface area contributed by atoms with Gasteiger partial charge in [-0.2, -0.15) is 0 Å². The second kappa shape index (κ2) is 2.94. The van der Waals surface area contributed by atoms with Crippen LogP contribution in [0.4, 0.5) is 4.39 Å². The topological polar surface area (TPSA) is 20.2 Å². The zero-order chi connectivity index (χ0) is 8.48. The Kier molecular flexibility index (Phi) is 2.33. The highest BCUT2D eigenvalue weighted by Crippen LogP contribution is 2.35. The van der Waals surface area contributed by atoms with E-state index in [0.29, 0.717) is 12.8 Å². The molecule has 0 heterocycles. The number of aliphatic hydroxyl groups is 1. The summed E-state index contributed by atoms with van der Waals surface area (Å²) in [7, 11) is 0. The Morgan fingerprint density at radius 3 is 2.91 bits per heavy atom. The molecule has 1 fully saturated rings. The van der Waals surface area contributed by atoms with Crippen molar-refractivity contribution < 1.29 is 9.50 Å². The largest absolute Gasteiger partial charge is 0.386 e. The van der Waals surface area contributed by atoms with Gasteiger partial charge >= 0.3 is 0 Å².